The molecule has 4 N–H and O–H groups in total. The van der Waals surface area contributed by atoms with E-state index in [1.807, 2.05) is 48.5 Å². The molecule has 0 saturated carbocycles. The minimum absolute atomic E-state index is 0.00363. The molecule has 1 aliphatic rings. The Balaban J connectivity index is 1.26. The highest BCUT2D eigenvalue weighted by molar-refractivity contribution is 7.79. The molecule has 9 nitrogen and oxygen atoms in total. The summed E-state index contributed by atoms with van der Waals surface area (Å²) in [5.74, 6) is 5.10. The van der Waals surface area contributed by atoms with Gasteiger partial charge >= 0.3 is 5.69 Å². The van der Waals surface area contributed by atoms with Crippen molar-refractivity contribution in [2.75, 3.05) is 13.2 Å². The summed E-state index contributed by atoms with van der Waals surface area (Å²) in [5.41, 5.74) is -0.903. The number of nitrogens with zero attached hydrogens (tertiary/aromatic N) is 1. The van der Waals surface area contributed by atoms with E-state index in [4.69, 9.17) is 4.74 Å². The number of hydrogen-bond acceptors (Lipinski definition) is 6. The van der Waals surface area contributed by atoms with Crippen molar-refractivity contribution in [1.82, 2.24) is 14.9 Å². The molecule has 3 atom stereocenters. The van der Waals surface area contributed by atoms with Crippen molar-refractivity contribution < 1.29 is 19.7 Å². The van der Waals surface area contributed by atoms with Crippen LogP contribution in [0.2, 0.25) is 0 Å². The number of aromatic nitrogens is 2. The summed E-state index contributed by atoms with van der Waals surface area (Å²) in [6.45, 7) is -0.419. The highest BCUT2D eigenvalue weighted by atomic mass is 31.1. The number of nitrogens with one attached hydrogen (secondary N) is 2. The van der Waals surface area contributed by atoms with Crippen LogP contribution in [0.4, 0.5) is 0 Å². The van der Waals surface area contributed by atoms with Gasteiger partial charge in [0.25, 0.3) is 11.5 Å². The van der Waals surface area contributed by atoms with Crippen LogP contribution in [0, 0.1) is 11.8 Å². The second-order valence-corrected chi connectivity index (χ2v) is 11.6. The molecule has 0 aliphatic carbocycles. The fourth-order valence-corrected chi connectivity index (χ4v) is 6.85. The number of benzene rings is 3. The van der Waals surface area contributed by atoms with E-state index in [0.29, 0.717) is 5.56 Å². The van der Waals surface area contributed by atoms with Crippen molar-refractivity contribution >= 4 is 29.7 Å². The number of aliphatic hydroxyl groups excluding tert-OH is 2. The van der Waals surface area contributed by atoms with Gasteiger partial charge in [-0.2, -0.15) is 0 Å². The molecular formula is C31H28N3O6P. The van der Waals surface area contributed by atoms with E-state index in [-0.39, 0.29) is 24.4 Å². The summed E-state index contributed by atoms with van der Waals surface area (Å²) in [5, 5.41) is 25.5. The van der Waals surface area contributed by atoms with E-state index in [1.165, 1.54) is 16.8 Å². The van der Waals surface area contributed by atoms with E-state index in [0.717, 1.165) is 9.87 Å². The third kappa shape index (κ3) is 6.54. The highest BCUT2D eigenvalue weighted by Gasteiger charge is 2.35. The lowest BCUT2D eigenvalue weighted by Crippen LogP contribution is -2.33. The van der Waals surface area contributed by atoms with Crippen LogP contribution in [0.1, 0.15) is 28.6 Å². The maximum absolute atomic E-state index is 12.8. The van der Waals surface area contributed by atoms with Crippen molar-refractivity contribution in [2.45, 2.75) is 24.9 Å². The van der Waals surface area contributed by atoms with E-state index in [1.54, 1.807) is 12.1 Å². The fourth-order valence-electron chi connectivity index (χ4n) is 4.57. The summed E-state index contributed by atoms with van der Waals surface area (Å²) in [6, 6.07) is 28.1. The minimum Gasteiger partial charge on any atom is -0.394 e. The van der Waals surface area contributed by atoms with Crippen LogP contribution in [-0.2, 0) is 4.74 Å². The van der Waals surface area contributed by atoms with E-state index >= 15 is 0 Å². The zero-order chi connectivity index (χ0) is 28.8. The molecule has 208 valence electrons. The van der Waals surface area contributed by atoms with Gasteiger partial charge in [0, 0.05) is 18.2 Å². The number of aliphatic hydroxyl groups is 2. The molecule has 1 amide bonds. The predicted molar refractivity (Wildman–Crippen MR) is 157 cm³/mol. The quantitative estimate of drug-likeness (QED) is 0.192. The Bertz CT molecular complexity index is 1640. The van der Waals surface area contributed by atoms with Gasteiger partial charge in [0.15, 0.2) is 0 Å². The van der Waals surface area contributed by atoms with Crippen LogP contribution in [0.25, 0.3) is 0 Å². The van der Waals surface area contributed by atoms with Gasteiger partial charge in [-0.3, -0.25) is 19.1 Å². The standard InChI is InChI=1S/C31H28N3O6P/c35-20-27-26(36)18-28(40-27)34-19-22(30(38)33-31(34)39)8-7-17-32-29(37)21-13-15-25(16-14-21)41(23-9-3-1-4-10-23)24-11-5-2-6-12-24/h1-6,9-16,19,26-28,35-36H,17-18,20H2,(H,32,37)(H,33,38,39)/t26-,27+,28+/m0/s1. The Morgan fingerprint density at radius 2 is 1.59 bits per heavy atom. The van der Waals surface area contributed by atoms with E-state index in [2.05, 4.69) is 46.4 Å². The van der Waals surface area contributed by atoms with Crippen molar-refractivity contribution in [2.24, 2.45) is 0 Å². The van der Waals surface area contributed by atoms with E-state index < -0.39 is 44.2 Å². The first-order valence-corrected chi connectivity index (χ1v) is 14.4. The summed E-state index contributed by atoms with van der Waals surface area (Å²) in [4.78, 5) is 39.5. The average molecular weight is 570 g/mol. The van der Waals surface area contributed by atoms with Gasteiger partial charge in [-0.15, -0.1) is 0 Å². The van der Waals surface area contributed by atoms with Crippen molar-refractivity contribution in [1.29, 1.82) is 0 Å². The second-order valence-electron chi connectivity index (χ2n) is 9.36. The van der Waals surface area contributed by atoms with Gasteiger partial charge in [0.1, 0.15) is 17.9 Å². The predicted octanol–water partition coefficient (Wildman–Crippen LogP) is 0.717. The number of ether oxygens (including phenoxy) is 1. The minimum atomic E-state index is -0.939. The molecule has 1 saturated heterocycles. The van der Waals surface area contributed by atoms with Gasteiger partial charge < -0.3 is 20.3 Å². The number of carbonyl (C=O) groups is 1. The van der Waals surface area contributed by atoms with Crippen LogP contribution in [0.3, 0.4) is 0 Å². The summed E-state index contributed by atoms with van der Waals surface area (Å²) >= 11 is 0. The van der Waals surface area contributed by atoms with Gasteiger partial charge in [-0.25, -0.2) is 4.79 Å². The average Bonchev–Trinajstić information content (AvgIpc) is 3.38. The molecule has 1 fully saturated rings. The smallest absolute Gasteiger partial charge is 0.330 e. The molecule has 1 aliphatic heterocycles. The third-order valence-corrected chi connectivity index (χ3v) is 9.08. The van der Waals surface area contributed by atoms with Crippen molar-refractivity contribution in [3.05, 3.63) is 123 Å². The Morgan fingerprint density at radius 1 is 0.976 bits per heavy atom. The van der Waals surface area contributed by atoms with Gasteiger partial charge in [0.05, 0.1) is 19.3 Å². The van der Waals surface area contributed by atoms with Crippen LogP contribution >= 0.6 is 7.92 Å². The summed E-state index contributed by atoms with van der Waals surface area (Å²) in [6.07, 6.45) is -1.27. The zero-order valence-corrected chi connectivity index (χ0v) is 22.8. The molecule has 2 heterocycles. The molecule has 0 unspecified atom stereocenters. The highest BCUT2D eigenvalue weighted by Crippen LogP contribution is 2.32. The number of H-pyrrole nitrogens is 1. The Kier molecular flexibility index (Phi) is 8.88. The van der Waals surface area contributed by atoms with Crippen LogP contribution < -0.4 is 32.5 Å². The monoisotopic (exact) mass is 569 g/mol. The molecule has 41 heavy (non-hydrogen) atoms. The SMILES string of the molecule is O=C(NCC#Cc1cn([C@H]2C[C@H](O)[C@@H](CO)O2)c(=O)[nH]c1=O)c1ccc(P(c2ccccc2)c2ccccc2)cc1. The number of aromatic amines is 1. The van der Waals surface area contributed by atoms with Crippen LogP contribution in [-0.4, -0.2) is 51.0 Å². The molecule has 3 aromatic carbocycles. The molecular weight excluding hydrogens is 541 g/mol. The lowest BCUT2D eigenvalue weighted by molar-refractivity contribution is -0.0459. The topological polar surface area (TPSA) is 134 Å². The lowest BCUT2D eigenvalue weighted by Gasteiger charge is -2.19. The molecule has 0 radical (unpaired) electrons. The summed E-state index contributed by atoms with van der Waals surface area (Å²) in [7, 11) is -0.781. The van der Waals surface area contributed by atoms with E-state index in [9.17, 15) is 24.6 Å². The Labute approximate surface area is 237 Å². The van der Waals surface area contributed by atoms with Crippen LogP contribution in [0.5, 0.6) is 0 Å². The molecule has 10 heteroatoms. The van der Waals surface area contributed by atoms with Gasteiger partial charge in [-0.1, -0.05) is 84.6 Å². The molecule has 5 rings (SSSR count). The first-order chi connectivity index (χ1) is 19.9. The number of rotatable bonds is 7. The molecule has 4 aromatic rings. The maximum Gasteiger partial charge on any atom is 0.330 e. The molecule has 1 aromatic heterocycles. The second kappa shape index (κ2) is 12.9. The largest absolute Gasteiger partial charge is 0.394 e. The number of hydrogen-bond donors (Lipinski definition) is 4. The Hall–Kier alpha value is -4.32. The molecule has 0 bridgehead atoms. The van der Waals surface area contributed by atoms with Crippen molar-refractivity contribution in [3.8, 4) is 11.8 Å². The van der Waals surface area contributed by atoms with Crippen LogP contribution in [0.15, 0.2) is 101 Å². The zero-order valence-electron chi connectivity index (χ0n) is 21.9. The fraction of sp³-hybridized carbons (Fsp3) is 0.194. The Morgan fingerprint density at radius 3 is 2.17 bits per heavy atom. The number of amides is 1. The third-order valence-electron chi connectivity index (χ3n) is 6.64. The van der Waals surface area contributed by atoms with Crippen molar-refractivity contribution in [3.63, 3.8) is 0 Å². The first kappa shape index (κ1) is 28.2. The first-order valence-electron chi connectivity index (χ1n) is 13.0. The molecule has 0 spiro atoms. The van der Waals surface area contributed by atoms with Gasteiger partial charge in [0.2, 0.25) is 0 Å². The number of carbonyl (C=O) groups excluding carboxylic acids is 1. The normalized spacial score (nSPS) is 18.1. The van der Waals surface area contributed by atoms with Gasteiger partial charge in [-0.05, 0) is 36.0 Å². The lowest BCUT2D eigenvalue weighted by atomic mass is 10.2. The summed E-state index contributed by atoms with van der Waals surface area (Å²) < 4.78 is 6.63. The maximum atomic E-state index is 12.8.